The number of amides is 4. The Morgan fingerprint density at radius 2 is 1.05 bits per heavy atom. The van der Waals surface area contributed by atoms with E-state index in [4.69, 9.17) is 15.2 Å². The second-order valence-corrected chi connectivity index (χ2v) is 9.48. The van der Waals surface area contributed by atoms with Crippen LogP contribution in [-0.2, 0) is 41.7 Å². The van der Waals surface area contributed by atoms with Gasteiger partial charge < -0.3 is 29.9 Å². The fraction of sp³-hybridized carbons (Fsp3) is 0.448. The van der Waals surface area contributed by atoms with E-state index in [1.165, 1.54) is 21.8 Å². The molecule has 0 aliphatic carbocycles. The first-order valence-electron chi connectivity index (χ1n) is 13.1. The number of hydrogen-bond acceptors (Lipinski definition) is 7. The van der Waals surface area contributed by atoms with Gasteiger partial charge in [0.25, 0.3) is 0 Å². The van der Waals surface area contributed by atoms with Gasteiger partial charge >= 0.3 is 0 Å². The van der Waals surface area contributed by atoms with Gasteiger partial charge in [0.2, 0.25) is 23.6 Å². The number of hydrogen-bond donors (Lipinski definition) is 1. The molecule has 0 aliphatic heterocycles. The number of rotatable bonds is 18. The average Bonchev–Trinajstić information content (AvgIpc) is 2.94. The van der Waals surface area contributed by atoms with Crippen LogP contribution in [-0.4, -0.2) is 117 Å². The number of nitrogens with zero attached hydrogens (tertiary/aromatic N) is 4. The smallest absolute Gasteiger partial charge is 0.242 e. The minimum Gasteiger partial charge on any atom is -0.383 e. The van der Waals surface area contributed by atoms with E-state index in [0.29, 0.717) is 13.2 Å². The number of nitrogens with two attached hydrogens (primary N) is 1. The monoisotopic (exact) mass is 555 g/mol. The lowest BCUT2D eigenvalue weighted by atomic mass is 10.2. The number of carbonyl (C=O) groups excluding carboxylic acids is 4. The van der Waals surface area contributed by atoms with E-state index in [2.05, 4.69) is 0 Å². The van der Waals surface area contributed by atoms with E-state index in [0.717, 1.165) is 11.1 Å². The van der Waals surface area contributed by atoms with Crippen LogP contribution in [0.15, 0.2) is 60.7 Å². The van der Waals surface area contributed by atoms with Crippen LogP contribution in [0.4, 0.5) is 0 Å². The highest BCUT2D eigenvalue weighted by molar-refractivity contribution is 5.90. The third-order valence-electron chi connectivity index (χ3n) is 6.14. The third kappa shape index (κ3) is 11.9. The van der Waals surface area contributed by atoms with Crippen LogP contribution >= 0.6 is 0 Å². The minimum atomic E-state index is -0.656. The predicted octanol–water partition coefficient (Wildman–Crippen LogP) is 0.583. The van der Waals surface area contributed by atoms with E-state index in [9.17, 15) is 19.2 Å². The highest BCUT2D eigenvalue weighted by Gasteiger charge is 2.26. The molecule has 0 aromatic heterocycles. The summed E-state index contributed by atoms with van der Waals surface area (Å²) in [5.41, 5.74) is 7.11. The standard InChI is InChI=1S/C29H41N5O6/c1-31(14-16-39-2)21-27(36)34(19-25-12-8-5-9-13-25)23-28(37)32(15-17-40-3)22-29(38)33(20-26(30)35)18-24-10-6-4-7-11-24/h4-13H,14-23H2,1-3H3,(H2,30,35). The van der Waals surface area contributed by atoms with Gasteiger partial charge in [0, 0.05) is 40.4 Å². The lowest BCUT2D eigenvalue weighted by Crippen LogP contribution is -2.50. The van der Waals surface area contributed by atoms with Gasteiger partial charge in [-0.15, -0.1) is 0 Å². The second-order valence-electron chi connectivity index (χ2n) is 9.48. The van der Waals surface area contributed by atoms with Crippen LogP contribution in [0.2, 0.25) is 0 Å². The van der Waals surface area contributed by atoms with Gasteiger partial charge in [0.15, 0.2) is 0 Å². The fourth-order valence-electron chi connectivity index (χ4n) is 3.94. The van der Waals surface area contributed by atoms with Gasteiger partial charge in [-0.2, -0.15) is 0 Å². The van der Waals surface area contributed by atoms with Gasteiger partial charge in [-0.05, 0) is 18.2 Å². The molecule has 2 aromatic rings. The van der Waals surface area contributed by atoms with Crippen LogP contribution in [0.1, 0.15) is 11.1 Å². The molecule has 11 nitrogen and oxygen atoms in total. The van der Waals surface area contributed by atoms with Crippen molar-refractivity contribution in [2.45, 2.75) is 13.1 Å². The van der Waals surface area contributed by atoms with Crippen LogP contribution in [0.3, 0.4) is 0 Å². The molecule has 0 heterocycles. The molecule has 0 unspecified atom stereocenters. The first-order chi connectivity index (χ1) is 19.2. The summed E-state index contributed by atoms with van der Waals surface area (Å²) in [5, 5.41) is 0. The van der Waals surface area contributed by atoms with Crippen molar-refractivity contribution in [2.24, 2.45) is 5.73 Å². The van der Waals surface area contributed by atoms with Crippen LogP contribution in [0.5, 0.6) is 0 Å². The molecule has 0 bridgehead atoms. The zero-order valence-corrected chi connectivity index (χ0v) is 23.7. The molecular formula is C29H41N5O6. The van der Waals surface area contributed by atoms with E-state index in [1.54, 1.807) is 7.11 Å². The lowest BCUT2D eigenvalue weighted by Gasteiger charge is -2.30. The van der Waals surface area contributed by atoms with E-state index >= 15 is 0 Å². The number of likely N-dealkylation sites (N-methyl/N-ethyl adjacent to an activating group) is 1. The lowest BCUT2D eigenvalue weighted by molar-refractivity contribution is -0.146. The average molecular weight is 556 g/mol. The summed E-state index contributed by atoms with van der Waals surface area (Å²) in [7, 11) is 4.90. The molecule has 11 heteroatoms. The molecule has 0 saturated heterocycles. The van der Waals surface area contributed by atoms with E-state index in [1.807, 2.05) is 72.6 Å². The molecule has 2 rings (SSSR count). The Bertz CT molecular complexity index is 1070. The summed E-state index contributed by atoms with van der Waals surface area (Å²) < 4.78 is 10.3. The molecule has 4 amide bonds. The molecule has 0 radical (unpaired) electrons. The maximum Gasteiger partial charge on any atom is 0.242 e. The number of primary amides is 1. The van der Waals surface area contributed by atoms with Gasteiger partial charge in [-0.3, -0.25) is 24.1 Å². The Morgan fingerprint density at radius 3 is 1.55 bits per heavy atom. The van der Waals surface area contributed by atoms with Crippen molar-refractivity contribution in [3.63, 3.8) is 0 Å². The third-order valence-corrected chi connectivity index (χ3v) is 6.14. The summed E-state index contributed by atoms with van der Waals surface area (Å²) in [6.45, 7) is 1.06. The first kappa shape index (κ1) is 32.4. The molecular weight excluding hydrogens is 514 g/mol. The number of ether oxygens (including phenoxy) is 2. The van der Waals surface area contributed by atoms with Crippen molar-refractivity contribution in [2.75, 3.05) is 73.7 Å². The van der Waals surface area contributed by atoms with Crippen molar-refractivity contribution in [3.05, 3.63) is 71.8 Å². The molecule has 2 N–H and O–H groups in total. The molecule has 40 heavy (non-hydrogen) atoms. The molecule has 0 saturated carbocycles. The first-order valence-corrected chi connectivity index (χ1v) is 13.1. The minimum absolute atomic E-state index is 0.101. The van der Waals surface area contributed by atoms with E-state index in [-0.39, 0.29) is 58.3 Å². The highest BCUT2D eigenvalue weighted by atomic mass is 16.5. The summed E-state index contributed by atoms with van der Waals surface area (Å²) in [6, 6.07) is 18.6. The Kier molecular flexibility index (Phi) is 14.4. The highest BCUT2D eigenvalue weighted by Crippen LogP contribution is 2.09. The SMILES string of the molecule is COCCN(C)CC(=O)N(CC(=O)N(CCOC)CC(=O)N(CC(N)=O)Cc1ccccc1)Cc1ccccc1. The molecule has 218 valence electrons. The number of carbonyl (C=O) groups is 4. The zero-order chi connectivity index (χ0) is 29.3. The summed E-state index contributed by atoms with van der Waals surface area (Å²) in [5.74, 6) is -1.73. The van der Waals surface area contributed by atoms with Crippen molar-refractivity contribution in [1.29, 1.82) is 0 Å². The Morgan fingerprint density at radius 1 is 0.625 bits per heavy atom. The number of benzene rings is 2. The molecule has 2 aromatic carbocycles. The largest absolute Gasteiger partial charge is 0.383 e. The number of methoxy groups -OCH3 is 2. The second kappa shape index (κ2) is 17.7. The maximum atomic E-state index is 13.5. The fourth-order valence-corrected chi connectivity index (χ4v) is 3.94. The Labute approximate surface area is 236 Å². The molecule has 0 fully saturated rings. The van der Waals surface area contributed by atoms with Gasteiger partial charge in [-0.1, -0.05) is 60.7 Å². The summed E-state index contributed by atoms with van der Waals surface area (Å²) >= 11 is 0. The predicted molar refractivity (Wildman–Crippen MR) is 151 cm³/mol. The van der Waals surface area contributed by atoms with Crippen LogP contribution < -0.4 is 5.73 Å². The van der Waals surface area contributed by atoms with Crippen LogP contribution in [0, 0.1) is 0 Å². The van der Waals surface area contributed by atoms with Gasteiger partial charge in [-0.25, -0.2) is 0 Å². The Hall–Kier alpha value is -3.80. The van der Waals surface area contributed by atoms with Crippen molar-refractivity contribution in [1.82, 2.24) is 19.6 Å². The van der Waals surface area contributed by atoms with Crippen molar-refractivity contribution in [3.8, 4) is 0 Å². The topological polar surface area (TPSA) is 126 Å². The molecule has 0 atom stereocenters. The van der Waals surface area contributed by atoms with Crippen molar-refractivity contribution < 1.29 is 28.7 Å². The summed E-state index contributed by atoms with van der Waals surface area (Å²) in [4.78, 5) is 57.8. The van der Waals surface area contributed by atoms with Gasteiger partial charge in [0.05, 0.1) is 32.8 Å². The van der Waals surface area contributed by atoms with E-state index < -0.39 is 17.7 Å². The van der Waals surface area contributed by atoms with Crippen molar-refractivity contribution >= 4 is 23.6 Å². The normalized spacial score (nSPS) is 10.8. The van der Waals surface area contributed by atoms with Crippen LogP contribution in [0.25, 0.3) is 0 Å². The molecule has 0 aliphatic rings. The zero-order valence-electron chi connectivity index (χ0n) is 23.7. The maximum absolute atomic E-state index is 13.5. The quantitative estimate of drug-likeness (QED) is 0.285. The van der Waals surface area contributed by atoms with Gasteiger partial charge in [0.1, 0.15) is 6.54 Å². The molecule has 0 spiro atoms. The summed E-state index contributed by atoms with van der Waals surface area (Å²) in [6.07, 6.45) is 0. The Balaban J connectivity index is 2.20.